The number of nitrogens with zero attached hydrogens (tertiary/aromatic N) is 1. The molecule has 1 atom stereocenters. The molecule has 3 rings (SSSR count). The zero-order valence-corrected chi connectivity index (χ0v) is 13.3. The number of amides is 1. The summed E-state index contributed by atoms with van der Waals surface area (Å²) in [6.45, 7) is 0.550. The van der Waals surface area contributed by atoms with Crippen LogP contribution < -0.4 is 5.32 Å². The van der Waals surface area contributed by atoms with Gasteiger partial charge in [0.05, 0.1) is 0 Å². The van der Waals surface area contributed by atoms with Gasteiger partial charge in [0.1, 0.15) is 11.8 Å². The van der Waals surface area contributed by atoms with Crippen molar-refractivity contribution in [2.75, 3.05) is 6.54 Å². The Bertz CT molecular complexity index is 765. The van der Waals surface area contributed by atoms with E-state index in [9.17, 15) is 9.90 Å². The molecule has 2 N–H and O–H groups in total. The fourth-order valence-corrected chi connectivity index (χ4v) is 2.70. The quantitative estimate of drug-likeness (QED) is 0.733. The Morgan fingerprint density at radius 2 is 1.62 bits per heavy atom. The number of hydrogen-bond acceptors (Lipinski definition) is 2. The predicted octanol–water partition coefficient (Wildman–Crippen LogP) is 3.14. The molecule has 122 valence electrons. The lowest BCUT2D eigenvalue weighted by atomic mass is 10.1. The summed E-state index contributed by atoms with van der Waals surface area (Å²) in [6, 6.07) is 20.2. The van der Waals surface area contributed by atoms with E-state index in [4.69, 9.17) is 0 Å². The van der Waals surface area contributed by atoms with E-state index in [-0.39, 0.29) is 17.7 Å². The van der Waals surface area contributed by atoms with Crippen molar-refractivity contribution in [3.8, 4) is 5.75 Å². The summed E-state index contributed by atoms with van der Waals surface area (Å²) in [4.78, 5) is 12.7. The molecule has 0 aliphatic rings. The first-order valence-electron chi connectivity index (χ1n) is 7.97. The predicted molar refractivity (Wildman–Crippen MR) is 93.8 cm³/mol. The molecule has 0 radical (unpaired) electrons. The van der Waals surface area contributed by atoms with Crippen molar-refractivity contribution in [2.45, 2.75) is 12.5 Å². The van der Waals surface area contributed by atoms with E-state index in [0.29, 0.717) is 6.54 Å². The Balaban J connectivity index is 1.67. The first-order valence-corrected chi connectivity index (χ1v) is 7.97. The van der Waals surface area contributed by atoms with Gasteiger partial charge in [0, 0.05) is 18.9 Å². The highest BCUT2D eigenvalue weighted by molar-refractivity contribution is 5.83. The van der Waals surface area contributed by atoms with Crippen LogP contribution in [0.1, 0.15) is 17.2 Å². The van der Waals surface area contributed by atoms with Crippen molar-refractivity contribution in [2.24, 2.45) is 0 Å². The van der Waals surface area contributed by atoms with E-state index in [1.807, 2.05) is 71.6 Å². The van der Waals surface area contributed by atoms with Crippen LogP contribution in [0.15, 0.2) is 79.1 Å². The number of nitrogens with one attached hydrogen (secondary N) is 1. The number of benzene rings is 2. The van der Waals surface area contributed by atoms with E-state index in [2.05, 4.69) is 5.32 Å². The molecule has 2 aromatic carbocycles. The Hall–Kier alpha value is -3.01. The van der Waals surface area contributed by atoms with Crippen LogP contribution in [0, 0.1) is 0 Å². The summed E-state index contributed by atoms with van der Waals surface area (Å²) < 4.78 is 1.91. The molecule has 0 saturated carbocycles. The second-order valence-electron chi connectivity index (χ2n) is 5.65. The monoisotopic (exact) mass is 320 g/mol. The van der Waals surface area contributed by atoms with Crippen molar-refractivity contribution in [3.63, 3.8) is 0 Å². The second kappa shape index (κ2) is 7.51. The molecule has 1 aromatic heterocycles. The lowest BCUT2D eigenvalue weighted by Gasteiger charge is -2.19. The number of hydrogen-bond donors (Lipinski definition) is 2. The van der Waals surface area contributed by atoms with Crippen molar-refractivity contribution in [1.29, 1.82) is 0 Å². The molecule has 3 aromatic rings. The van der Waals surface area contributed by atoms with Crippen LogP contribution in [0.5, 0.6) is 5.75 Å². The van der Waals surface area contributed by atoms with E-state index in [1.54, 1.807) is 12.1 Å². The molecule has 0 bridgehead atoms. The largest absolute Gasteiger partial charge is 0.508 e. The van der Waals surface area contributed by atoms with Gasteiger partial charge in [0.2, 0.25) is 5.91 Å². The van der Waals surface area contributed by atoms with Crippen molar-refractivity contribution < 1.29 is 9.90 Å². The van der Waals surface area contributed by atoms with Gasteiger partial charge in [0.25, 0.3) is 0 Å². The zero-order chi connectivity index (χ0) is 16.8. The average Bonchev–Trinajstić information content (AvgIpc) is 3.12. The van der Waals surface area contributed by atoms with Gasteiger partial charge in [0.15, 0.2) is 0 Å². The maximum absolute atomic E-state index is 12.7. The Morgan fingerprint density at radius 1 is 0.958 bits per heavy atom. The average molecular weight is 320 g/mol. The van der Waals surface area contributed by atoms with Gasteiger partial charge >= 0.3 is 0 Å². The maximum atomic E-state index is 12.7. The van der Waals surface area contributed by atoms with Gasteiger partial charge in [-0.1, -0.05) is 42.5 Å². The molecule has 1 heterocycles. The molecule has 0 saturated heterocycles. The summed E-state index contributed by atoms with van der Waals surface area (Å²) in [7, 11) is 0. The highest BCUT2D eigenvalue weighted by Gasteiger charge is 2.21. The number of carbonyl (C=O) groups excluding carboxylic acids is 1. The molecular weight excluding hydrogens is 300 g/mol. The molecule has 4 heteroatoms. The second-order valence-corrected chi connectivity index (χ2v) is 5.65. The van der Waals surface area contributed by atoms with Gasteiger partial charge in [-0.2, -0.15) is 0 Å². The number of phenolic OH excluding ortho intramolecular Hbond substituents is 1. The highest BCUT2D eigenvalue weighted by Crippen LogP contribution is 2.18. The van der Waals surface area contributed by atoms with E-state index in [1.165, 1.54) is 0 Å². The number of phenols is 1. The zero-order valence-electron chi connectivity index (χ0n) is 13.3. The fourth-order valence-electron chi connectivity index (χ4n) is 2.70. The third-order valence-corrected chi connectivity index (χ3v) is 3.94. The number of rotatable bonds is 6. The van der Waals surface area contributed by atoms with Crippen molar-refractivity contribution >= 4 is 5.91 Å². The van der Waals surface area contributed by atoms with Crippen LogP contribution in [0.4, 0.5) is 0 Å². The van der Waals surface area contributed by atoms with Crippen LogP contribution in [0.25, 0.3) is 0 Å². The minimum Gasteiger partial charge on any atom is -0.508 e. The van der Waals surface area contributed by atoms with Crippen molar-refractivity contribution in [1.82, 2.24) is 9.88 Å². The SMILES string of the molecule is O=C(NCCc1ccc(O)cc1)[C@H](c1ccccc1)n1cccc1. The highest BCUT2D eigenvalue weighted by atomic mass is 16.3. The van der Waals surface area contributed by atoms with Crippen LogP contribution in [0.3, 0.4) is 0 Å². The minimum atomic E-state index is -0.374. The third kappa shape index (κ3) is 3.84. The summed E-state index contributed by atoms with van der Waals surface area (Å²) in [5.74, 6) is 0.218. The molecule has 0 fully saturated rings. The molecule has 0 unspecified atom stereocenters. The van der Waals surface area contributed by atoms with Gasteiger partial charge in [-0.3, -0.25) is 4.79 Å². The summed E-state index contributed by atoms with van der Waals surface area (Å²) in [5, 5.41) is 12.3. The Kier molecular flexibility index (Phi) is 4.96. The number of carbonyl (C=O) groups is 1. The van der Waals surface area contributed by atoms with Gasteiger partial charge in [-0.15, -0.1) is 0 Å². The molecular formula is C20H20N2O2. The van der Waals surface area contributed by atoms with E-state index >= 15 is 0 Å². The Labute approximate surface area is 141 Å². The third-order valence-electron chi connectivity index (χ3n) is 3.94. The Morgan fingerprint density at radius 3 is 2.29 bits per heavy atom. The van der Waals surface area contributed by atoms with Crippen LogP contribution in [0.2, 0.25) is 0 Å². The lowest BCUT2D eigenvalue weighted by molar-refractivity contribution is -0.123. The van der Waals surface area contributed by atoms with Gasteiger partial charge in [-0.05, 0) is 41.8 Å². The van der Waals surface area contributed by atoms with E-state index in [0.717, 1.165) is 17.5 Å². The smallest absolute Gasteiger partial charge is 0.247 e. The van der Waals surface area contributed by atoms with Crippen LogP contribution in [-0.4, -0.2) is 22.1 Å². The van der Waals surface area contributed by atoms with Crippen molar-refractivity contribution in [3.05, 3.63) is 90.3 Å². The first-order chi connectivity index (χ1) is 11.7. The molecule has 4 nitrogen and oxygen atoms in total. The van der Waals surface area contributed by atoms with Gasteiger partial charge < -0.3 is 15.0 Å². The topological polar surface area (TPSA) is 54.3 Å². The van der Waals surface area contributed by atoms with E-state index < -0.39 is 0 Å². The fraction of sp³-hybridized carbons (Fsp3) is 0.150. The van der Waals surface area contributed by atoms with Gasteiger partial charge in [-0.25, -0.2) is 0 Å². The minimum absolute atomic E-state index is 0.0313. The number of aromatic nitrogens is 1. The number of aromatic hydroxyl groups is 1. The summed E-state index contributed by atoms with van der Waals surface area (Å²) >= 11 is 0. The summed E-state index contributed by atoms with van der Waals surface area (Å²) in [6.07, 6.45) is 4.52. The molecule has 0 aliphatic carbocycles. The standard InChI is InChI=1S/C20H20N2O2/c23-18-10-8-16(9-11-18)12-13-21-20(24)19(22-14-4-5-15-22)17-6-2-1-3-7-17/h1-11,14-15,19,23H,12-13H2,(H,21,24)/t19-/m0/s1. The van der Waals surface area contributed by atoms with Crippen LogP contribution >= 0.6 is 0 Å². The molecule has 1 amide bonds. The summed E-state index contributed by atoms with van der Waals surface area (Å²) in [5.41, 5.74) is 2.03. The van der Waals surface area contributed by atoms with Crippen LogP contribution in [-0.2, 0) is 11.2 Å². The first kappa shape index (κ1) is 15.9. The molecule has 0 spiro atoms. The normalized spacial score (nSPS) is 11.8. The lowest BCUT2D eigenvalue weighted by Crippen LogP contribution is -2.34. The molecule has 24 heavy (non-hydrogen) atoms. The maximum Gasteiger partial charge on any atom is 0.247 e. The molecule has 0 aliphatic heterocycles.